The number of benzene rings is 1. The first-order chi connectivity index (χ1) is 11.1. The summed E-state index contributed by atoms with van der Waals surface area (Å²) >= 11 is 0. The van der Waals surface area contributed by atoms with Crippen LogP contribution in [0.3, 0.4) is 0 Å². The number of hydrogen-bond donors (Lipinski definition) is 0. The number of aromatic nitrogens is 5. The van der Waals surface area contributed by atoms with Crippen molar-refractivity contribution in [3.8, 4) is 28.6 Å². The van der Waals surface area contributed by atoms with E-state index < -0.39 is 12.4 Å². The molecule has 0 aliphatic carbocycles. The number of pyridine rings is 1. The maximum absolute atomic E-state index is 13.0. The summed E-state index contributed by atoms with van der Waals surface area (Å²) in [4.78, 5) is 4.11. The molecule has 3 aromatic rings. The summed E-state index contributed by atoms with van der Waals surface area (Å²) in [7, 11) is 0. The fraction of sp³-hybridized carbons (Fsp3) is 0.0714. The van der Waals surface area contributed by atoms with Crippen molar-refractivity contribution in [2.45, 2.75) is 6.55 Å². The second-order valence-corrected chi connectivity index (χ2v) is 4.45. The van der Waals surface area contributed by atoms with E-state index in [1.54, 1.807) is 0 Å². The van der Waals surface area contributed by atoms with Crippen LogP contribution in [-0.4, -0.2) is 25.2 Å². The summed E-state index contributed by atoms with van der Waals surface area (Å²) in [5, 5.41) is 19.4. The third kappa shape index (κ3) is 2.87. The maximum Gasteiger partial charge on any atom is 0.350 e. The van der Waals surface area contributed by atoms with E-state index in [4.69, 9.17) is 5.26 Å². The normalized spacial score (nSPS) is 10.7. The molecule has 0 radical (unpaired) electrons. The molecule has 114 valence electrons. The molecule has 9 heteroatoms. The molecule has 6 nitrogen and oxygen atoms in total. The van der Waals surface area contributed by atoms with Gasteiger partial charge in [0.25, 0.3) is 0 Å². The van der Waals surface area contributed by atoms with Crippen molar-refractivity contribution in [2.75, 3.05) is 0 Å². The van der Waals surface area contributed by atoms with E-state index in [9.17, 15) is 13.2 Å². The van der Waals surface area contributed by atoms with Gasteiger partial charge in [-0.15, -0.1) is 10.2 Å². The van der Waals surface area contributed by atoms with Crippen molar-refractivity contribution < 1.29 is 13.2 Å². The van der Waals surface area contributed by atoms with Gasteiger partial charge in [0, 0.05) is 11.8 Å². The number of alkyl halides is 2. The molecule has 1 aromatic carbocycles. The monoisotopic (exact) mass is 316 g/mol. The van der Waals surface area contributed by atoms with Crippen molar-refractivity contribution in [3.63, 3.8) is 0 Å². The number of tetrazole rings is 1. The number of nitrogens with zero attached hydrogens (tertiary/aromatic N) is 6. The molecule has 0 saturated heterocycles. The molecule has 3 rings (SSSR count). The summed E-state index contributed by atoms with van der Waals surface area (Å²) in [5.74, 6) is -0.532. The highest BCUT2D eigenvalue weighted by Gasteiger charge is 2.17. The van der Waals surface area contributed by atoms with Crippen LogP contribution in [0.4, 0.5) is 13.2 Å². The van der Waals surface area contributed by atoms with E-state index in [1.807, 2.05) is 6.07 Å². The molecule has 0 fully saturated rings. The topological polar surface area (TPSA) is 80.3 Å². The molecule has 0 unspecified atom stereocenters. The maximum atomic E-state index is 13.0. The van der Waals surface area contributed by atoms with Gasteiger partial charge in [-0.25, -0.2) is 9.37 Å². The van der Waals surface area contributed by atoms with Gasteiger partial charge in [-0.1, -0.05) is 16.9 Å². The molecule has 0 N–H and O–H groups in total. The third-order valence-corrected chi connectivity index (χ3v) is 3.01. The largest absolute Gasteiger partial charge is 0.350 e. The number of rotatable bonds is 3. The van der Waals surface area contributed by atoms with Gasteiger partial charge in [0.2, 0.25) is 5.82 Å². The van der Waals surface area contributed by atoms with Crippen LogP contribution in [0.2, 0.25) is 0 Å². The van der Waals surface area contributed by atoms with Gasteiger partial charge in [-0.05, 0) is 29.0 Å². The minimum absolute atomic E-state index is 0.0234. The van der Waals surface area contributed by atoms with Gasteiger partial charge in [0.05, 0.1) is 5.56 Å². The molecule has 0 bridgehead atoms. The Kier molecular flexibility index (Phi) is 3.72. The molecule has 2 heterocycles. The van der Waals surface area contributed by atoms with Crippen LogP contribution in [0.1, 0.15) is 12.2 Å². The zero-order valence-electron chi connectivity index (χ0n) is 11.4. The first kappa shape index (κ1) is 14.6. The minimum Gasteiger partial charge on any atom is -0.244 e. The van der Waals surface area contributed by atoms with E-state index in [-0.39, 0.29) is 21.9 Å². The van der Waals surface area contributed by atoms with Crippen molar-refractivity contribution in [2.24, 2.45) is 0 Å². The average molecular weight is 316 g/mol. The van der Waals surface area contributed by atoms with Crippen molar-refractivity contribution in [3.05, 3.63) is 48.0 Å². The van der Waals surface area contributed by atoms with Gasteiger partial charge in [0.1, 0.15) is 11.9 Å². The van der Waals surface area contributed by atoms with Gasteiger partial charge in [-0.3, -0.25) is 0 Å². The highest BCUT2D eigenvalue weighted by Crippen LogP contribution is 2.26. The lowest BCUT2D eigenvalue weighted by molar-refractivity contribution is 0.0397. The third-order valence-electron chi connectivity index (χ3n) is 3.01. The zero-order valence-corrected chi connectivity index (χ0v) is 11.4. The Labute approximate surface area is 127 Å². The Bertz CT molecular complexity index is 882. The van der Waals surface area contributed by atoms with Gasteiger partial charge >= 0.3 is 6.55 Å². The van der Waals surface area contributed by atoms with Crippen LogP contribution in [0.25, 0.3) is 22.5 Å². The van der Waals surface area contributed by atoms with E-state index in [0.717, 1.165) is 0 Å². The second-order valence-electron chi connectivity index (χ2n) is 4.45. The average Bonchev–Trinajstić information content (AvgIpc) is 3.05. The first-order valence-corrected chi connectivity index (χ1v) is 6.32. The molecule has 23 heavy (non-hydrogen) atoms. The Morgan fingerprint density at radius 2 is 1.87 bits per heavy atom. The number of halogens is 3. The van der Waals surface area contributed by atoms with Crippen LogP contribution in [0.5, 0.6) is 0 Å². The number of nitriles is 1. The lowest BCUT2D eigenvalue weighted by Gasteiger charge is -2.04. The van der Waals surface area contributed by atoms with Crippen LogP contribution >= 0.6 is 0 Å². The van der Waals surface area contributed by atoms with E-state index in [1.165, 1.54) is 36.5 Å². The Balaban J connectivity index is 2.09. The molecule has 0 aliphatic heterocycles. The summed E-state index contributed by atoms with van der Waals surface area (Å²) in [6.07, 6.45) is 1.42. The lowest BCUT2D eigenvalue weighted by atomic mass is 10.0. The molecule has 0 spiro atoms. The predicted octanol–water partition coefficient (Wildman–Crippen LogP) is 2.81. The smallest absolute Gasteiger partial charge is 0.244 e. The van der Waals surface area contributed by atoms with Crippen LogP contribution in [0.15, 0.2) is 36.5 Å². The van der Waals surface area contributed by atoms with Gasteiger partial charge < -0.3 is 0 Å². The fourth-order valence-corrected chi connectivity index (χ4v) is 1.94. The molecule has 0 aliphatic rings. The van der Waals surface area contributed by atoms with Crippen LogP contribution in [-0.2, 0) is 0 Å². The van der Waals surface area contributed by atoms with Crippen LogP contribution < -0.4 is 0 Å². The predicted molar refractivity (Wildman–Crippen MR) is 72.4 cm³/mol. The number of hydrogen-bond acceptors (Lipinski definition) is 5. The molecule has 0 amide bonds. The van der Waals surface area contributed by atoms with Gasteiger partial charge in [0.15, 0.2) is 5.69 Å². The standard InChI is InChI=1S/C14H7F3N6/c15-10-3-1-8(2-4-10)9-5-11(12(6-18)19-7-9)13-20-22-23(21-13)14(16)17/h1-5,7,14H. The molecule has 2 aromatic heterocycles. The molecule has 0 atom stereocenters. The minimum atomic E-state index is -2.94. The van der Waals surface area contributed by atoms with Gasteiger partial charge in [-0.2, -0.15) is 14.0 Å². The quantitative estimate of drug-likeness (QED) is 0.742. The highest BCUT2D eigenvalue weighted by molar-refractivity contribution is 5.71. The summed E-state index contributed by atoms with van der Waals surface area (Å²) in [5.41, 5.74) is 1.35. The Morgan fingerprint density at radius 1 is 1.13 bits per heavy atom. The molecular formula is C14H7F3N6. The fourth-order valence-electron chi connectivity index (χ4n) is 1.94. The van der Waals surface area contributed by atoms with Crippen molar-refractivity contribution in [1.29, 1.82) is 5.26 Å². The van der Waals surface area contributed by atoms with Crippen LogP contribution in [0, 0.1) is 17.1 Å². The summed E-state index contributed by atoms with van der Waals surface area (Å²) in [6.45, 7) is -2.94. The van der Waals surface area contributed by atoms with Crippen molar-refractivity contribution >= 4 is 0 Å². The van der Waals surface area contributed by atoms with E-state index in [2.05, 4.69) is 20.4 Å². The first-order valence-electron chi connectivity index (χ1n) is 6.32. The SMILES string of the molecule is N#Cc1ncc(-c2ccc(F)cc2)cc1-c1nnn(C(F)F)n1. The Morgan fingerprint density at radius 3 is 2.48 bits per heavy atom. The molecular weight excluding hydrogens is 309 g/mol. The van der Waals surface area contributed by atoms with E-state index >= 15 is 0 Å². The lowest BCUT2D eigenvalue weighted by Crippen LogP contribution is -2.02. The highest BCUT2D eigenvalue weighted by atomic mass is 19.3. The second kappa shape index (κ2) is 5.84. The van der Waals surface area contributed by atoms with Crippen molar-refractivity contribution in [1.82, 2.24) is 25.2 Å². The van der Waals surface area contributed by atoms with E-state index in [0.29, 0.717) is 11.1 Å². The molecule has 0 saturated carbocycles. The zero-order chi connectivity index (χ0) is 16.4. The summed E-state index contributed by atoms with van der Waals surface area (Å²) in [6, 6.07) is 8.98. The summed E-state index contributed by atoms with van der Waals surface area (Å²) < 4.78 is 38.1. The Hall–Kier alpha value is -3.28.